The number of aromatic nitrogens is 4. The average Bonchev–Trinajstić information content (AvgIpc) is 3.95. The van der Waals surface area contributed by atoms with Crippen molar-refractivity contribution >= 4 is 21.8 Å². The fourth-order valence-electron chi connectivity index (χ4n) is 10.4. The molecule has 2 aliphatic carbocycles. The van der Waals surface area contributed by atoms with E-state index in [-0.39, 0.29) is 0 Å². The summed E-state index contributed by atoms with van der Waals surface area (Å²) >= 11 is 0. The van der Waals surface area contributed by atoms with E-state index in [1.54, 1.807) is 6.20 Å². The van der Waals surface area contributed by atoms with E-state index in [4.69, 9.17) is 9.97 Å². The quantitative estimate of drug-likeness (QED) is 0.174. The second-order valence-electron chi connectivity index (χ2n) is 16.3. The molecule has 3 heterocycles. The molecule has 0 fully saturated rings. The fourth-order valence-corrected chi connectivity index (χ4v) is 10.4. The molecular formula is C58H36N4. The lowest BCUT2D eigenvalue weighted by Crippen LogP contribution is -2.25. The summed E-state index contributed by atoms with van der Waals surface area (Å²) in [6.45, 7) is 0. The van der Waals surface area contributed by atoms with Crippen LogP contribution in [0.1, 0.15) is 22.3 Å². The number of hydrogen-bond donors (Lipinski definition) is 0. The molecule has 4 nitrogen and oxygen atoms in total. The number of benzene rings is 8. The van der Waals surface area contributed by atoms with Crippen LogP contribution in [0.4, 0.5) is 0 Å². The Morgan fingerprint density at radius 3 is 1.55 bits per heavy atom. The number of nitrogens with zero attached hydrogens (tertiary/aromatic N) is 4. The summed E-state index contributed by atoms with van der Waals surface area (Å²) in [6.07, 6.45) is 3.69. The second-order valence-corrected chi connectivity index (χ2v) is 16.3. The minimum absolute atomic E-state index is 0.394. The summed E-state index contributed by atoms with van der Waals surface area (Å²) in [5, 5.41) is 2.49. The van der Waals surface area contributed by atoms with Gasteiger partial charge in [-0.25, -0.2) is 9.97 Å². The first-order chi connectivity index (χ1) is 30.7. The van der Waals surface area contributed by atoms with Gasteiger partial charge >= 0.3 is 0 Å². The van der Waals surface area contributed by atoms with E-state index in [0.29, 0.717) is 5.82 Å². The summed E-state index contributed by atoms with van der Waals surface area (Å²) in [7, 11) is 0. The molecule has 288 valence electrons. The predicted molar refractivity (Wildman–Crippen MR) is 252 cm³/mol. The van der Waals surface area contributed by atoms with Gasteiger partial charge in [0.25, 0.3) is 0 Å². The van der Waals surface area contributed by atoms with Crippen LogP contribution in [0, 0.1) is 0 Å². The van der Waals surface area contributed by atoms with Crippen LogP contribution in [-0.2, 0) is 5.41 Å². The van der Waals surface area contributed by atoms with Gasteiger partial charge in [0, 0.05) is 45.5 Å². The summed E-state index contributed by atoms with van der Waals surface area (Å²) in [4.78, 5) is 14.6. The van der Waals surface area contributed by atoms with E-state index in [2.05, 4.69) is 192 Å². The Hall–Kier alpha value is -8.21. The molecule has 13 rings (SSSR count). The molecule has 0 amide bonds. The van der Waals surface area contributed by atoms with Crippen molar-refractivity contribution < 1.29 is 0 Å². The van der Waals surface area contributed by atoms with Crippen LogP contribution < -0.4 is 0 Å². The summed E-state index contributed by atoms with van der Waals surface area (Å²) in [6, 6.07) is 74.7. The van der Waals surface area contributed by atoms with Crippen molar-refractivity contribution in [3.63, 3.8) is 0 Å². The normalized spacial score (nSPS) is 13.0. The van der Waals surface area contributed by atoms with Crippen LogP contribution in [0.2, 0.25) is 0 Å². The molecule has 62 heavy (non-hydrogen) atoms. The molecule has 8 aromatic carbocycles. The monoisotopic (exact) mass is 788 g/mol. The molecule has 3 aromatic heterocycles. The van der Waals surface area contributed by atoms with Gasteiger partial charge in [-0.1, -0.05) is 164 Å². The third kappa shape index (κ3) is 4.98. The standard InChI is InChI=1S/C58H36N4/c1-2-13-40(14-3-1)57-60-53(38-26-24-37(25-27-38)41-15-12-32-59-36-41)35-54(61-57)39-28-30-42(31-29-39)62-55-23-11-7-19-46(55)48-33-52-47(34-56(48)62)45-18-6-10-22-51(45)58(52)49-20-8-4-16-43(49)44-17-5-9-21-50(44)58/h1-36H. The molecule has 0 N–H and O–H groups in total. The van der Waals surface area contributed by atoms with Gasteiger partial charge in [-0.3, -0.25) is 4.98 Å². The highest BCUT2D eigenvalue weighted by atomic mass is 15.0. The maximum atomic E-state index is 5.16. The van der Waals surface area contributed by atoms with Gasteiger partial charge in [-0.15, -0.1) is 0 Å². The Morgan fingerprint density at radius 1 is 0.355 bits per heavy atom. The van der Waals surface area contributed by atoms with Crippen LogP contribution in [0.15, 0.2) is 219 Å². The van der Waals surface area contributed by atoms with Crippen LogP contribution in [-0.4, -0.2) is 19.5 Å². The van der Waals surface area contributed by atoms with Crippen molar-refractivity contribution in [3.8, 4) is 73.0 Å². The number of rotatable bonds is 5. The molecule has 2 aliphatic rings. The molecule has 11 aromatic rings. The van der Waals surface area contributed by atoms with Crippen molar-refractivity contribution in [3.05, 3.63) is 241 Å². The van der Waals surface area contributed by atoms with Gasteiger partial charge < -0.3 is 4.57 Å². The SMILES string of the molecule is c1ccc(-c2nc(-c3ccc(-c4cccnc4)cc3)cc(-c3ccc(-n4c5ccccc5c5cc6c(cc54)-c4ccccc4C64c5ccccc5-c5ccccc54)cc3)n2)cc1. The third-order valence-corrected chi connectivity index (χ3v) is 13.1. The number of para-hydroxylation sites is 1. The van der Waals surface area contributed by atoms with Crippen LogP contribution in [0.25, 0.3) is 94.8 Å². The Morgan fingerprint density at radius 2 is 0.903 bits per heavy atom. The molecule has 4 heteroatoms. The van der Waals surface area contributed by atoms with E-state index in [9.17, 15) is 0 Å². The Kier molecular flexibility index (Phi) is 7.49. The molecular weight excluding hydrogens is 753 g/mol. The van der Waals surface area contributed by atoms with Gasteiger partial charge in [0.1, 0.15) is 0 Å². The fraction of sp³-hybridized carbons (Fsp3) is 0.0172. The largest absolute Gasteiger partial charge is 0.309 e. The minimum Gasteiger partial charge on any atom is -0.309 e. The van der Waals surface area contributed by atoms with E-state index in [0.717, 1.165) is 44.9 Å². The van der Waals surface area contributed by atoms with Crippen LogP contribution in [0.5, 0.6) is 0 Å². The van der Waals surface area contributed by atoms with Crippen LogP contribution >= 0.6 is 0 Å². The van der Waals surface area contributed by atoms with Crippen molar-refractivity contribution in [1.82, 2.24) is 19.5 Å². The molecule has 0 saturated carbocycles. The smallest absolute Gasteiger partial charge is 0.160 e. The van der Waals surface area contributed by atoms with E-state index in [1.807, 2.05) is 30.5 Å². The highest BCUT2D eigenvalue weighted by Crippen LogP contribution is 2.63. The Bertz CT molecular complexity index is 3510. The summed E-state index contributed by atoms with van der Waals surface area (Å²) < 4.78 is 2.43. The van der Waals surface area contributed by atoms with Crippen LogP contribution in [0.3, 0.4) is 0 Å². The second kappa shape index (κ2) is 13.4. The lowest BCUT2D eigenvalue weighted by Gasteiger charge is -2.30. The molecule has 0 saturated heterocycles. The van der Waals surface area contributed by atoms with Crippen molar-refractivity contribution in [2.45, 2.75) is 5.41 Å². The lowest BCUT2D eigenvalue weighted by atomic mass is 9.70. The molecule has 0 atom stereocenters. The number of pyridine rings is 1. The summed E-state index contributed by atoms with van der Waals surface area (Å²) in [5.41, 5.74) is 20.7. The highest BCUT2D eigenvalue weighted by molar-refractivity contribution is 6.12. The lowest BCUT2D eigenvalue weighted by molar-refractivity contribution is 0.795. The highest BCUT2D eigenvalue weighted by Gasteiger charge is 2.51. The predicted octanol–water partition coefficient (Wildman–Crippen LogP) is 14.0. The molecule has 0 radical (unpaired) electrons. The number of fused-ring (bicyclic) bond motifs is 13. The van der Waals surface area contributed by atoms with Gasteiger partial charge in [-0.05, 0) is 98.1 Å². The van der Waals surface area contributed by atoms with Gasteiger partial charge in [0.2, 0.25) is 0 Å². The van der Waals surface area contributed by atoms with Crippen molar-refractivity contribution in [2.24, 2.45) is 0 Å². The zero-order valence-corrected chi connectivity index (χ0v) is 33.6. The zero-order chi connectivity index (χ0) is 40.8. The van der Waals surface area contributed by atoms with E-state index in [1.165, 1.54) is 66.3 Å². The van der Waals surface area contributed by atoms with E-state index >= 15 is 0 Å². The molecule has 0 unspecified atom stereocenters. The zero-order valence-electron chi connectivity index (χ0n) is 33.6. The van der Waals surface area contributed by atoms with Gasteiger partial charge in [0.15, 0.2) is 5.82 Å². The number of hydrogen-bond acceptors (Lipinski definition) is 3. The summed E-state index contributed by atoms with van der Waals surface area (Å²) in [5.74, 6) is 0.695. The van der Waals surface area contributed by atoms with Gasteiger partial charge in [0.05, 0.1) is 27.8 Å². The van der Waals surface area contributed by atoms with Gasteiger partial charge in [-0.2, -0.15) is 0 Å². The van der Waals surface area contributed by atoms with Crippen molar-refractivity contribution in [2.75, 3.05) is 0 Å². The first-order valence-corrected chi connectivity index (χ1v) is 21.2. The third-order valence-electron chi connectivity index (χ3n) is 13.1. The molecule has 0 bridgehead atoms. The maximum Gasteiger partial charge on any atom is 0.160 e. The Balaban J connectivity index is 0.964. The van der Waals surface area contributed by atoms with Crippen molar-refractivity contribution in [1.29, 1.82) is 0 Å². The molecule has 0 aliphatic heterocycles. The Labute approximate surface area is 359 Å². The van der Waals surface area contributed by atoms with E-state index < -0.39 is 5.41 Å². The maximum absolute atomic E-state index is 5.16. The minimum atomic E-state index is -0.394. The average molecular weight is 789 g/mol. The topological polar surface area (TPSA) is 43.6 Å². The first kappa shape index (κ1) is 34.6. The molecule has 1 spiro atoms. The first-order valence-electron chi connectivity index (χ1n) is 21.2.